The maximum atomic E-state index is 12.2. The zero-order chi connectivity index (χ0) is 14.5. The maximum absolute atomic E-state index is 12.2. The third-order valence-electron chi connectivity index (χ3n) is 3.47. The molecule has 112 valence electrons. The smallest absolute Gasteiger partial charge is 0.233 e. The van der Waals surface area contributed by atoms with Gasteiger partial charge in [-0.05, 0) is 33.1 Å². The van der Waals surface area contributed by atoms with Gasteiger partial charge in [-0.25, -0.2) is 0 Å². The fourth-order valence-electron chi connectivity index (χ4n) is 2.42. The molecule has 0 atom stereocenters. The average molecular weight is 297 g/mol. The summed E-state index contributed by atoms with van der Waals surface area (Å²) >= 11 is 1.46. The summed E-state index contributed by atoms with van der Waals surface area (Å²) in [7, 11) is 0. The average Bonchev–Trinajstić information content (AvgIpc) is 2.88. The van der Waals surface area contributed by atoms with E-state index in [0.29, 0.717) is 12.3 Å². The van der Waals surface area contributed by atoms with Gasteiger partial charge >= 0.3 is 0 Å². The summed E-state index contributed by atoms with van der Waals surface area (Å²) in [4.78, 5) is 14.1. The van der Waals surface area contributed by atoms with E-state index in [0.717, 1.165) is 36.9 Å². The van der Waals surface area contributed by atoms with Crippen molar-refractivity contribution in [2.75, 3.05) is 18.8 Å². The molecule has 0 unspecified atom stereocenters. The number of nitrogens with two attached hydrogens (primary N) is 1. The summed E-state index contributed by atoms with van der Waals surface area (Å²) in [6, 6.07) is 0.246. The second-order valence-corrected chi connectivity index (χ2v) is 6.24. The Bertz CT molecular complexity index is 454. The molecule has 0 radical (unpaired) electrons. The molecule has 1 aliphatic rings. The normalized spacial score (nSPS) is 15.9. The van der Waals surface area contributed by atoms with Gasteiger partial charge in [0, 0.05) is 19.1 Å². The Morgan fingerprint density at radius 3 is 2.60 bits per heavy atom. The van der Waals surface area contributed by atoms with Crippen molar-refractivity contribution in [3.63, 3.8) is 0 Å². The van der Waals surface area contributed by atoms with Crippen LogP contribution in [0.4, 0.5) is 0 Å². The summed E-state index contributed by atoms with van der Waals surface area (Å²) in [6.07, 6.45) is 3.48. The minimum Gasteiger partial charge on any atom is -0.342 e. The van der Waals surface area contributed by atoms with Crippen LogP contribution in [0.15, 0.2) is 5.16 Å². The zero-order valence-electron chi connectivity index (χ0n) is 12.2. The summed E-state index contributed by atoms with van der Waals surface area (Å²) in [5.41, 5.74) is 5.67. The highest BCUT2D eigenvalue weighted by Crippen LogP contribution is 2.22. The van der Waals surface area contributed by atoms with Crippen molar-refractivity contribution in [2.45, 2.75) is 50.9 Å². The van der Waals surface area contributed by atoms with E-state index in [-0.39, 0.29) is 11.9 Å². The number of nitrogens with zero attached hydrogens (tertiary/aromatic N) is 4. The van der Waals surface area contributed by atoms with Crippen LogP contribution in [0.25, 0.3) is 0 Å². The van der Waals surface area contributed by atoms with Crippen LogP contribution in [0.2, 0.25) is 0 Å². The van der Waals surface area contributed by atoms with E-state index >= 15 is 0 Å². The van der Waals surface area contributed by atoms with Crippen LogP contribution in [-0.4, -0.2) is 44.4 Å². The molecule has 1 saturated heterocycles. The summed E-state index contributed by atoms with van der Waals surface area (Å²) in [5.74, 6) is 1.39. The Hall–Kier alpha value is -1.08. The first kappa shape index (κ1) is 15.3. The number of hydrogen-bond acceptors (Lipinski definition) is 5. The molecule has 7 heteroatoms. The van der Waals surface area contributed by atoms with Gasteiger partial charge in [0.05, 0.1) is 12.3 Å². The number of rotatable bonds is 5. The minimum absolute atomic E-state index is 0.197. The minimum atomic E-state index is 0.197. The van der Waals surface area contributed by atoms with Gasteiger partial charge in [-0.2, -0.15) is 0 Å². The number of carbonyl (C=O) groups is 1. The van der Waals surface area contributed by atoms with Crippen molar-refractivity contribution in [3.05, 3.63) is 5.82 Å². The molecule has 2 heterocycles. The Balaban J connectivity index is 1.96. The van der Waals surface area contributed by atoms with E-state index in [4.69, 9.17) is 5.73 Å². The fraction of sp³-hybridized carbons (Fsp3) is 0.769. The monoisotopic (exact) mass is 297 g/mol. The number of likely N-dealkylation sites (tertiary alicyclic amines) is 1. The third kappa shape index (κ3) is 3.52. The molecule has 0 spiro atoms. The lowest BCUT2D eigenvalue weighted by Crippen LogP contribution is -2.36. The predicted octanol–water partition coefficient (Wildman–Crippen LogP) is 1.42. The largest absolute Gasteiger partial charge is 0.342 e. The molecule has 1 amide bonds. The summed E-state index contributed by atoms with van der Waals surface area (Å²) < 4.78 is 2.01. The van der Waals surface area contributed by atoms with Gasteiger partial charge < -0.3 is 15.2 Å². The topological polar surface area (TPSA) is 77.0 Å². The van der Waals surface area contributed by atoms with Crippen molar-refractivity contribution in [3.8, 4) is 0 Å². The Morgan fingerprint density at radius 2 is 2.00 bits per heavy atom. The van der Waals surface area contributed by atoms with Gasteiger partial charge in [0.15, 0.2) is 5.16 Å². The number of piperidine rings is 1. The molecule has 1 aliphatic heterocycles. The molecule has 1 fully saturated rings. The number of carbonyl (C=O) groups excluding carboxylic acids is 1. The second-order valence-electron chi connectivity index (χ2n) is 5.30. The van der Waals surface area contributed by atoms with Crippen molar-refractivity contribution in [1.82, 2.24) is 19.7 Å². The molecule has 20 heavy (non-hydrogen) atoms. The van der Waals surface area contributed by atoms with Crippen LogP contribution >= 0.6 is 11.8 Å². The second kappa shape index (κ2) is 7.08. The lowest BCUT2D eigenvalue weighted by atomic mass is 10.1. The quantitative estimate of drug-likeness (QED) is 0.832. The first-order chi connectivity index (χ1) is 9.63. The molecule has 1 aromatic heterocycles. The van der Waals surface area contributed by atoms with Gasteiger partial charge in [-0.1, -0.05) is 11.8 Å². The van der Waals surface area contributed by atoms with Crippen LogP contribution in [0.3, 0.4) is 0 Å². The van der Waals surface area contributed by atoms with Gasteiger partial charge in [0.2, 0.25) is 5.91 Å². The number of hydrogen-bond donors (Lipinski definition) is 1. The first-order valence-electron chi connectivity index (χ1n) is 7.18. The molecule has 0 saturated carbocycles. The van der Waals surface area contributed by atoms with Crippen molar-refractivity contribution in [1.29, 1.82) is 0 Å². The Morgan fingerprint density at radius 1 is 1.30 bits per heavy atom. The molecule has 0 aromatic carbocycles. The lowest BCUT2D eigenvalue weighted by molar-refractivity contribution is -0.129. The Kier molecular flexibility index (Phi) is 5.42. The number of thioether (sulfide) groups is 1. The summed E-state index contributed by atoms with van der Waals surface area (Å²) in [6.45, 7) is 6.29. The van der Waals surface area contributed by atoms with E-state index in [2.05, 4.69) is 24.0 Å². The van der Waals surface area contributed by atoms with Crippen LogP contribution in [0.5, 0.6) is 0 Å². The van der Waals surface area contributed by atoms with E-state index in [1.54, 1.807) is 0 Å². The van der Waals surface area contributed by atoms with Crippen molar-refractivity contribution in [2.24, 2.45) is 5.73 Å². The third-order valence-corrected chi connectivity index (χ3v) is 4.40. The van der Waals surface area contributed by atoms with Crippen LogP contribution < -0.4 is 5.73 Å². The standard InChI is InChI=1S/C13H23N5OS/c1-10(2)18-11(8-14)15-16-13(18)20-9-12(19)17-6-4-3-5-7-17/h10H,3-9,14H2,1-2H3. The molecule has 2 N–H and O–H groups in total. The molecule has 6 nitrogen and oxygen atoms in total. The van der Waals surface area contributed by atoms with E-state index in [1.807, 2.05) is 9.47 Å². The lowest BCUT2D eigenvalue weighted by Gasteiger charge is -2.26. The molecule has 0 aliphatic carbocycles. The van der Waals surface area contributed by atoms with E-state index < -0.39 is 0 Å². The van der Waals surface area contributed by atoms with Gasteiger partial charge in [0.25, 0.3) is 0 Å². The highest BCUT2D eigenvalue weighted by Gasteiger charge is 2.19. The molecule has 0 bridgehead atoms. The van der Waals surface area contributed by atoms with Gasteiger partial charge in [-0.15, -0.1) is 10.2 Å². The van der Waals surface area contributed by atoms with Crippen molar-refractivity contribution >= 4 is 17.7 Å². The number of aromatic nitrogens is 3. The van der Waals surface area contributed by atoms with Crippen LogP contribution in [0, 0.1) is 0 Å². The number of amides is 1. The highest BCUT2D eigenvalue weighted by molar-refractivity contribution is 7.99. The first-order valence-corrected chi connectivity index (χ1v) is 8.16. The highest BCUT2D eigenvalue weighted by atomic mass is 32.2. The predicted molar refractivity (Wildman–Crippen MR) is 79.5 cm³/mol. The van der Waals surface area contributed by atoms with E-state index in [1.165, 1.54) is 18.2 Å². The molecular formula is C13H23N5OS. The van der Waals surface area contributed by atoms with Crippen LogP contribution in [0.1, 0.15) is 45.0 Å². The van der Waals surface area contributed by atoms with Crippen LogP contribution in [-0.2, 0) is 11.3 Å². The Labute approximate surface area is 124 Å². The summed E-state index contributed by atoms with van der Waals surface area (Å²) in [5, 5.41) is 9.02. The maximum Gasteiger partial charge on any atom is 0.233 e. The zero-order valence-corrected chi connectivity index (χ0v) is 13.0. The molecular weight excluding hydrogens is 274 g/mol. The van der Waals surface area contributed by atoms with Gasteiger partial charge in [-0.3, -0.25) is 4.79 Å². The van der Waals surface area contributed by atoms with E-state index in [9.17, 15) is 4.79 Å². The van der Waals surface area contributed by atoms with Gasteiger partial charge in [0.1, 0.15) is 5.82 Å². The fourth-order valence-corrected chi connectivity index (χ4v) is 3.41. The SMILES string of the molecule is CC(C)n1c(CN)nnc1SCC(=O)N1CCCCC1. The molecule has 2 rings (SSSR count). The molecule has 1 aromatic rings. The van der Waals surface area contributed by atoms with Crippen molar-refractivity contribution < 1.29 is 4.79 Å².